The van der Waals surface area contributed by atoms with Crippen LogP contribution in [0.2, 0.25) is 5.02 Å². The molecule has 76 valence electrons. The number of nitrogens with two attached hydrogens (primary N) is 1. The van der Waals surface area contributed by atoms with Crippen LogP contribution in [-0.4, -0.2) is 10.7 Å². The summed E-state index contributed by atoms with van der Waals surface area (Å²) in [6.45, 7) is 0. The summed E-state index contributed by atoms with van der Waals surface area (Å²) in [5.74, 6) is -0.378. The SMILES string of the molecule is NC(=O)C(Br)Cc1cc(Cl)ccc1Br. The van der Waals surface area contributed by atoms with Gasteiger partial charge in [0.1, 0.15) is 0 Å². The standard InChI is InChI=1S/C9H8Br2ClNO/c10-7-2-1-6(12)3-5(7)4-8(11)9(13)14/h1-3,8H,4H2,(H2,13,14). The van der Waals surface area contributed by atoms with Gasteiger partial charge in [-0.2, -0.15) is 0 Å². The van der Waals surface area contributed by atoms with E-state index in [1.165, 1.54) is 0 Å². The van der Waals surface area contributed by atoms with Crippen molar-refractivity contribution in [1.82, 2.24) is 0 Å². The van der Waals surface area contributed by atoms with Crippen molar-refractivity contribution in [2.24, 2.45) is 5.73 Å². The number of primary amides is 1. The molecule has 1 aromatic carbocycles. The Labute approximate surface area is 104 Å². The van der Waals surface area contributed by atoms with Crippen LogP contribution in [0.25, 0.3) is 0 Å². The minimum absolute atomic E-state index is 0.364. The normalized spacial score (nSPS) is 12.5. The molecule has 1 amide bonds. The topological polar surface area (TPSA) is 43.1 Å². The largest absolute Gasteiger partial charge is 0.369 e. The average molecular weight is 341 g/mol. The van der Waals surface area contributed by atoms with Crippen molar-refractivity contribution in [2.75, 3.05) is 0 Å². The van der Waals surface area contributed by atoms with Gasteiger partial charge in [0.2, 0.25) is 5.91 Å². The zero-order valence-electron chi connectivity index (χ0n) is 7.14. The van der Waals surface area contributed by atoms with Crippen molar-refractivity contribution >= 4 is 49.4 Å². The van der Waals surface area contributed by atoms with Crippen LogP contribution in [0.15, 0.2) is 22.7 Å². The molecule has 0 saturated carbocycles. The number of halogens is 3. The fraction of sp³-hybridized carbons (Fsp3) is 0.222. The summed E-state index contributed by atoms with van der Waals surface area (Å²) in [6, 6.07) is 5.43. The number of hydrogen-bond acceptors (Lipinski definition) is 1. The predicted octanol–water partition coefficient (Wildman–Crippen LogP) is 2.89. The van der Waals surface area contributed by atoms with Gasteiger partial charge >= 0.3 is 0 Å². The molecule has 1 atom stereocenters. The van der Waals surface area contributed by atoms with Gasteiger partial charge in [-0.15, -0.1) is 0 Å². The van der Waals surface area contributed by atoms with Gasteiger partial charge in [0.05, 0.1) is 4.83 Å². The van der Waals surface area contributed by atoms with E-state index in [9.17, 15) is 4.79 Å². The van der Waals surface area contributed by atoms with Gasteiger partial charge in [0, 0.05) is 9.50 Å². The van der Waals surface area contributed by atoms with E-state index in [1.54, 1.807) is 6.07 Å². The zero-order valence-corrected chi connectivity index (χ0v) is 11.1. The van der Waals surface area contributed by atoms with Crippen molar-refractivity contribution < 1.29 is 4.79 Å². The molecule has 14 heavy (non-hydrogen) atoms. The quantitative estimate of drug-likeness (QED) is 0.844. The Bertz CT molecular complexity index is 357. The third-order valence-electron chi connectivity index (χ3n) is 1.72. The summed E-state index contributed by atoms with van der Waals surface area (Å²) in [5, 5.41) is 0.646. The second kappa shape index (κ2) is 5.14. The molecule has 2 nitrogen and oxygen atoms in total. The third kappa shape index (κ3) is 3.26. The summed E-state index contributed by atoms with van der Waals surface area (Å²) in [7, 11) is 0. The van der Waals surface area contributed by atoms with E-state index in [0.29, 0.717) is 11.4 Å². The maximum Gasteiger partial charge on any atom is 0.231 e. The van der Waals surface area contributed by atoms with Gasteiger partial charge in [0.15, 0.2) is 0 Å². The average Bonchev–Trinajstić information content (AvgIpc) is 2.11. The highest BCUT2D eigenvalue weighted by Crippen LogP contribution is 2.23. The van der Waals surface area contributed by atoms with E-state index in [1.807, 2.05) is 12.1 Å². The summed E-state index contributed by atoms with van der Waals surface area (Å²) >= 11 is 12.4. The van der Waals surface area contributed by atoms with Gasteiger partial charge in [0.25, 0.3) is 0 Å². The van der Waals surface area contributed by atoms with Crippen LogP contribution in [0.4, 0.5) is 0 Å². The molecule has 5 heteroatoms. The molecule has 2 N–H and O–H groups in total. The number of carbonyl (C=O) groups excluding carboxylic acids is 1. The van der Waals surface area contributed by atoms with Crippen LogP contribution in [0.3, 0.4) is 0 Å². The number of amides is 1. The van der Waals surface area contributed by atoms with Crippen molar-refractivity contribution in [2.45, 2.75) is 11.2 Å². The molecule has 0 aromatic heterocycles. The Hall–Kier alpha value is -0.0600. The van der Waals surface area contributed by atoms with Gasteiger partial charge in [-0.1, -0.05) is 43.5 Å². The molecular weight excluding hydrogens is 333 g/mol. The van der Waals surface area contributed by atoms with Crippen LogP contribution >= 0.6 is 43.5 Å². The van der Waals surface area contributed by atoms with Gasteiger partial charge < -0.3 is 5.73 Å². The van der Waals surface area contributed by atoms with Gasteiger partial charge in [-0.3, -0.25) is 4.79 Å². The number of rotatable bonds is 3. The van der Waals surface area contributed by atoms with Crippen LogP contribution in [0.1, 0.15) is 5.56 Å². The van der Waals surface area contributed by atoms with E-state index in [2.05, 4.69) is 31.9 Å². The molecule has 1 rings (SSSR count). The van der Waals surface area contributed by atoms with Crippen molar-refractivity contribution in [3.05, 3.63) is 33.3 Å². The second-order valence-corrected chi connectivity index (χ2v) is 5.21. The molecule has 0 bridgehead atoms. The molecular formula is C9H8Br2ClNO. The Morgan fingerprint density at radius 1 is 1.57 bits per heavy atom. The molecule has 0 spiro atoms. The first kappa shape index (κ1) is 12.0. The second-order valence-electron chi connectivity index (χ2n) is 2.81. The summed E-state index contributed by atoms with van der Waals surface area (Å²) < 4.78 is 0.924. The molecule has 0 fully saturated rings. The zero-order chi connectivity index (χ0) is 10.7. The number of hydrogen-bond donors (Lipinski definition) is 1. The monoisotopic (exact) mass is 339 g/mol. The Morgan fingerprint density at radius 2 is 2.21 bits per heavy atom. The molecule has 1 aromatic rings. The summed E-state index contributed by atoms with van der Waals surface area (Å²) in [4.78, 5) is 10.5. The lowest BCUT2D eigenvalue weighted by Crippen LogP contribution is -2.25. The highest BCUT2D eigenvalue weighted by atomic mass is 79.9. The maximum atomic E-state index is 10.8. The first-order valence-corrected chi connectivity index (χ1v) is 5.96. The first-order chi connectivity index (χ1) is 6.50. The molecule has 0 saturated heterocycles. The summed E-state index contributed by atoms with van der Waals surface area (Å²) in [5.41, 5.74) is 6.09. The van der Waals surface area contributed by atoms with Crippen LogP contribution < -0.4 is 5.73 Å². The molecule has 0 heterocycles. The Balaban J connectivity index is 2.85. The van der Waals surface area contributed by atoms with Crippen molar-refractivity contribution in [1.29, 1.82) is 0 Å². The van der Waals surface area contributed by atoms with Crippen LogP contribution in [-0.2, 0) is 11.2 Å². The van der Waals surface area contributed by atoms with Crippen LogP contribution in [0, 0.1) is 0 Å². The molecule has 0 aliphatic carbocycles. The minimum atomic E-state index is -0.378. The van der Waals surface area contributed by atoms with Crippen LogP contribution in [0.5, 0.6) is 0 Å². The molecule has 0 aliphatic rings. The van der Waals surface area contributed by atoms with Crippen molar-refractivity contribution in [3.63, 3.8) is 0 Å². The third-order valence-corrected chi connectivity index (χ3v) is 3.50. The lowest BCUT2D eigenvalue weighted by atomic mass is 10.1. The lowest BCUT2D eigenvalue weighted by molar-refractivity contribution is -0.117. The first-order valence-electron chi connectivity index (χ1n) is 3.88. The Morgan fingerprint density at radius 3 is 2.79 bits per heavy atom. The fourth-order valence-electron chi connectivity index (χ4n) is 0.993. The van der Waals surface area contributed by atoms with E-state index in [-0.39, 0.29) is 10.7 Å². The van der Waals surface area contributed by atoms with E-state index >= 15 is 0 Å². The fourth-order valence-corrected chi connectivity index (χ4v) is 1.95. The molecule has 1 unspecified atom stereocenters. The number of alkyl halides is 1. The van der Waals surface area contributed by atoms with E-state index in [4.69, 9.17) is 17.3 Å². The predicted molar refractivity (Wildman–Crippen MR) is 64.8 cm³/mol. The number of carbonyl (C=O) groups is 1. The van der Waals surface area contributed by atoms with Gasteiger partial charge in [-0.05, 0) is 30.2 Å². The highest BCUT2D eigenvalue weighted by molar-refractivity contribution is 9.10. The van der Waals surface area contributed by atoms with E-state index in [0.717, 1.165) is 10.0 Å². The molecule has 0 radical (unpaired) electrons. The maximum absolute atomic E-state index is 10.8. The Kier molecular flexibility index (Phi) is 4.41. The smallest absolute Gasteiger partial charge is 0.231 e. The molecule has 0 aliphatic heterocycles. The van der Waals surface area contributed by atoms with Crippen molar-refractivity contribution in [3.8, 4) is 0 Å². The minimum Gasteiger partial charge on any atom is -0.369 e. The van der Waals surface area contributed by atoms with Gasteiger partial charge in [-0.25, -0.2) is 0 Å². The van der Waals surface area contributed by atoms with E-state index < -0.39 is 0 Å². The lowest BCUT2D eigenvalue weighted by Gasteiger charge is -2.07. The number of benzene rings is 1. The summed E-state index contributed by atoms with van der Waals surface area (Å²) in [6.07, 6.45) is 0.524. The highest BCUT2D eigenvalue weighted by Gasteiger charge is 2.13.